The molecule has 132 valence electrons. The van der Waals surface area contributed by atoms with Gasteiger partial charge in [-0.15, -0.1) is 5.10 Å². The Bertz CT molecular complexity index is 880. The van der Waals surface area contributed by atoms with Crippen LogP contribution in [0.25, 0.3) is 16.2 Å². The lowest BCUT2D eigenvalue weighted by Crippen LogP contribution is -2.48. The Labute approximate surface area is 163 Å². The lowest BCUT2D eigenvalue weighted by Gasteiger charge is -2.36. The zero-order valence-electron chi connectivity index (χ0n) is 14.1. The smallest absolute Gasteiger partial charge is 0.215 e. The highest BCUT2D eigenvalue weighted by Gasteiger charge is 2.23. The predicted molar refractivity (Wildman–Crippen MR) is 108 cm³/mol. The fourth-order valence-corrected chi connectivity index (χ4v) is 4.95. The summed E-state index contributed by atoms with van der Waals surface area (Å²) in [6, 6.07) is 7.04. The Kier molecular flexibility index (Phi) is 4.67. The van der Waals surface area contributed by atoms with Gasteiger partial charge in [-0.1, -0.05) is 11.3 Å². The first-order valence-corrected chi connectivity index (χ1v) is 10.2. The molecule has 0 saturated carbocycles. The number of hydrogen-bond donors (Lipinski definition) is 0. The number of aromatic nitrogens is 3. The Morgan fingerprint density at radius 3 is 2.40 bits per heavy atom. The van der Waals surface area contributed by atoms with Gasteiger partial charge in [0.2, 0.25) is 10.1 Å². The van der Waals surface area contributed by atoms with E-state index in [-0.39, 0.29) is 5.82 Å². The van der Waals surface area contributed by atoms with E-state index in [0.717, 1.165) is 51.2 Å². The van der Waals surface area contributed by atoms with Crippen LogP contribution in [0.5, 0.6) is 0 Å². The van der Waals surface area contributed by atoms with Crippen molar-refractivity contribution in [1.82, 2.24) is 19.5 Å². The molecule has 2 aromatic heterocycles. The highest BCUT2D eigenvalue weighted by atomic mass is 127. The molecule has 0 atom stereocenters. The Hall–Kier alpha value is -1.26. The predicted octanol–water partition coefficient (Wildman–Crippen LogP) is 3.73. The Morgan fingerprint density at radius 1 is 1.12 bits per heavy atom. The molecule has 0 aliphatic carbocycles. The molecule has 8 heteroatoms. The van der Waals surface area contributed by atoms with Gasteiger partial charge in [-0.25, -0.2) is 9.37 Å². The minimum Gasteiger partial charge on any atom is -0.344 e. The molecular weight excluding hydrogens is 452 g/mol. The largest absolute Gasteiger partial charge is 0.344 e. The molecule has 0 spiro atoms. The summed E-state index contributed by atoms with van der Waals surface area (Å²) in [5, 5.41) is 5.79. The van der Waals surface area contributed by atoms with Crippen LogP contribution in [0.4, 0.5) is 9.52 Å². The average molecular weight is 471 g/mol. The summed E-state index contributed by atoms with van der Waals surface area (Å²) >= 11 is 3.88. The molecule has 4 rings (SSSR count). The maximum Gasteiger partial charge on any atom is 0.215 e. The summed E-state index contributed by atoms with van der Waals surface area (Å²) in [4.78, 5) is 10.4. The van der Waals surface area contributed by atoms with E-state index in [1.165, 1.54) is 12.1 Å². The fourth-order valence-electron chi connectivity index (χ4n) is 3.06. The van der Waals surface area contributed by atoms with E-state index in [1.54, 1.807) is 23.5 Å². The maximum atomic E-state index is 13.1. The van der Waals surface area contributed by atoms with Gasteiger partial charge in [0.15, 0.2) is 0 Å². The zero-order valence-corrected chi connectivity index (χ0v) is 17.1. The van der Waals surface area contributed by atoms with E-state index in [0.29, 0.717) is 6.04 Å². The molecule has 0 unspecified atom stereocenters. The van der Waals surface area contributed by atoms with E-state index >= 15 is 0 Å². The molecule has 1 aliphatic heterocycles. The van der Waals surface area contributed by atoms with Crippen molar-refractivity contribution in [3.8, 4) is 11.3 Å². The molecule has 1 aromatic carbocycles. The van der Waals surface area contributed by atoms with E-state index in [9.17, 15) is 4.39 Å². The van der Waals surface area contributed by atoms with Crippen molar-refractivity contribution in [2.75, 3.05) is 31.1 Å². The first-order chi connectivity index (χ1) is 12.0. The normalized spacial score (nSPS) is 16.3. The minimum absolute atomic E-state index is 0.235. The minimum atomic E-state index is -0.235. The molecule has 0 bridgehead atoms. The SMILES string of the molecule is CC(C)N1CCN(c2nn3c(I)c(-c4ccc(F)cc4)nc3s2)CC1. The number of hydrogen-bond acceptors (Lipinski definition) is 5. The monoisotopic (exact) mass is 471 g/mol. The first kappa shape index (κ1) is 17.2. The summed E-state index contributed by atoms with van der Waals surface area (Å²) < 4.78 is 16.0. The van der Waals surface area contributed by atoms with Gasteiger partial charge < -0.3 is 4.90 Å². The van der Waals surface area contributed by atoms with Crippen LogP contribution < -0.4 is 4.90 Å². The van der Waals surface area contributed by atoms with Gasteiger partial charge >= 0.3 is 0 Å². The van der Waals surface area contributed by atoms with Crippen LogP contribution in [0.1, 0.15) is 13.8 Å². The molecule has 3 aromatic rings. The summed E-state index contributed by atoms with van der Waals surface area (Å²) in [7, 11) is 0. The second-order valence-corrected chi connectivity index (χ2v) is 8.41. The third-order valence-corrected chi connectivity index (χ3v) is 6.51. The van der Waals surface area contributed by atoms with Crippen LogP contribution in [-0.2, 0) is 0 Å². The molecule has 1 saturated heterocycles. The second-order valence-electron chi connectivity index (χ2n) is 6.45. The molecule has 0 radical (unpaired) electrons. The maximum absolute atomic E-state index is 13.1. The van der Waals surface area contributed by atoms with Gasteiger partial charge in [-0.2, -0.15) is 4.52 Å². The lowest BCUT2D eigenvalue weighted by atomic mass is 10.2. The summed E-state index contributed by atoms with van der Waals surface area (Å²) in [5.74, 6) is -0.235. The van der Waals surface area contributed by atoms with E-state index < -0.39 is 0 Å². The molecule has 1 aliphatic rings. The van der Waals surface area contributed by atoms with Crippen LogP contribution in [0.3, 0.4) is 0 Å². The summed E-state index contributed by atoms with van der Waals surface area (Å²) in [6.45, 7) is 8.61. The Balaban J connectivity index is 1.59. The van der Waals surface area contributed by atoms with Gasteiger partial charge in [0.1, 0.15) is 15.2 Å². The van der Waals surface area contributed by atoms with E-state index in [2.05, 4.69) is 46.2 Å². The van der Waals surface area contributed by atoms with Crippen LogP contribution in [0.15, 0.2) is 24.3 Å². The van der Waals surface area contributed by atoms with Crippen LogP contribution >= 0.6 is 33.9 Å². The number of anilines is 1. The quantitative estimate of drug-likeness (QED) is 0.546. The standard InChI is InChI=1S/C17H19FIN5S/c1-11(2)22-7-9-23(10-8-22)17-21-24-15(19)14(20-16(24)25-17)12-3-5-13(18)6-4-12/h3-6,11H,7-10H2,1-2H3. The highest BCUT2D eigenvalue weighted by molar-refractivity contribution is 14.1. The first-order valence-electron chi connectivity index (χ1n) is 8.33. The molecule has 0 N–H and O–H groups in total. The van der Waals surface area contributed by atoms with Gasteiger partial charge in [-0.3, -0.25) is 4.90 Å². The number of imidazole rings is 1. The third kappa shape index (κ3) is 3.26. The van der Waals surface area contributed by atoms with Crippen LogP contribution in [0.2, 0.25) is 0 Å². The van der Waals surface area contributed by atoms with Crippen LogP contribution in [0, 0.1) is 9.52 Å². The van der Waals surface area contributed by atoms with Crippen molar-refractivity contribution >= 4 is 44.0 Å². The van der Waals surface area contributed by atoms with Gasteiger partial charge in [-0.05, 0) is 60.7 Å². The zero-order chi connectivity index (χ0) is 17.6. The van der Waals surface area contributed by atoms with Crippen molar-refractivity contribution in [3.63, 3.8) is 0 Å². The van der Waals surface area contributed by atoms with Crippen molar-refractivity contribution in [2.45, 2.75) is 19.9 Å². The second kappa shape index (κ2) is 6.81. The molecule has 3 heterocycles. The van der Waals surface area contributed by atoms with E-state index in [4.69, 9.17) is 10.1 Å². The molecule has 5 nitrogen and oxygen atoms in total. The third-order valence-electron chi connectivity index (χ3n) is 4.57. The summed E-state index contributed by atoms with van der Waals surface area (Å²) in [6.07, 6.45) is 0. The fraction of sp³-hybridized carbons (Fsp3) is 0.412. The van der Waals surface area contributed by atoms with Gasteiger partial charge in [0.25, 0.3) is 0 Å². The number of nitrogens with zero attached hydrogens (tertiary/aromatic N) is 5. The molecular formula is C17H19FIN5S. The van der Waals surface area contributed by atoms with Gasteiger partial charge in [0, 0.05) is 37.8 Å². The van der Waals surface area contributed by atoms with Crippen LogP contribution in [-0.4, -0.2) is 51.7 Å². The molecule has 1 fully saturated rings. The van der Waals surface area contributed by atoms with Crippen molar-refractivity contribution < 1.29 is 4.39 Å². The van der Waals surface area contributed by atoms with Crippen molar-refractivity contribution in [2.24, 2.45) is 0 Å². The Morgan fingerprint density at radius 2 is 1.80 bits per heavy atom. The lowest BCUT2D eigenvalue weighted by molar-refractivity contribution is 0.209. The number of benzene rings is 1. The van der Waals surface area contributed by atoms with Crippen molar-refractivity contribution in [3.05, 3.63) is 33.8 Å². The number of fused-ring (bicyclic) bond motifs is 1. The van der Waals surface area contributed by atoms with Gasteiger partial charge in [0.05, 0.1) is 0 Å². The summed E-state index contributed by atoms with van der Waals surface area (Å²) in [5.41, 5.74) is 1.77. The number of piperazine rings is 1. The molecule has 25 heavy (non-hydrogen) atoms. The topological polar surface area (TPSA) is 36.7 Å². The van der Waals surface area contributed by atoms with Crippen molar-refractivity contribution in [1.29, 1.82) is 0 Å². The average Bonchev–Trinajstić information content (AvgIpc) is 3.16. The van der Waals surface area contributed by atoms with E-state index in [1.807, 2.05) is 4.52 Å². The highest BCUT2D eigenvalue weighted by Crippen LogP contribution is 2.31. The number of rotatable bonds is 3. The molecule has 0 amide bonds. The number of halogens is 2.